The number of halogens is 1. The number of nitrogens with one attached hydrogen (secondary N) is 2. The molecule has 35 heavy (non-hydrogen) atoms. The van der Waals surface area contributed by atoms with E-state index in [1.165, 1.54) is 13.0 Å². The van der Waals surface area contributed by atoms with Crippen LogP contribution in [0.5, 0.6) is 0 Å². The average molecular weight is 498 g/mol. The number of hydrogen-bond acceptors (Lipinski definition) is 10. The minimum Gasteiger partial charge on any atom is -0.399 e. The lowest BCUT2D eigenvalue weighted by molar-refractivity contribution is 0.172. The smallest absolute Gasteiger partial charge is 0.247 e. The van der Waals surface area contributed by atoms with Gasteiger partial charge in [-0.15, -0.1) is 5.10 Å². The van der Waals surface area contributed by atoms with Crippen molar-refractivity contribution < 1.29 is 0 Å². The summed E-state index contributed by atoms with van der Waals surface area (Å²) in [5, 5.41) is 11.8. The molecule has 0 amide bonds. The van der Waals surface area contributed by atoms with E-state index in [-0.39, 0.29) is 0 Å². The van der Waals surface area contributed by atoms with E-state index in [0.29, 0.717) is 51.7 Å². The van der Waals surface area contributed by atoms with E-state index in [2.05, 4.69) is 47.4 Å². The van der Waals surface area contributed by atoms with Crippen LogP contribution in [-0.2, 0) is 0 Å². The van der Waals surface area contributed by atoms with Crippen LogP contribution in [0.2, 0.25) is 5.02 Å². The Bertz CT molecular complexity index is 1230. The first-order chi connectivity index (χ1) is 16.9. The summed E-state index contributed by atoms with van der Waals surface area (Å²) in [5.41, 5.74) is 15.2. The van der Waals surface area contributed by atoms with Crippen molar-refractivity contribution in [1.29, 1.82) is 0 Å². The summed E-state index contributed by atoms with van der Waals surface area (Å²) in [6, 6.07) is 4.71. The molecule has 0 radical (unpaired) electrons. The second kappa shape index (κ2) is 8.89. The Hall–Kier alpha value is -3.02. The van der Waals surface area contributed by atoms with Crippen molar-refractivity contribution in [3.63, 3.8) is 0 Å². The Labute approximate surface area is 209 Å². The molecule has 2 saturated heterocycles. The van der Waals surface area contributed by atoms with Gasteiger partial charge in [0.15, 0.2) is 11.5 Å². The third-order valence-corrected chi connectivity index (χ3v) is 7.50. The number of nitrogens with zero attached hydrogens (tertiary/aromatic N) is 7. The number of imidazole rings is 1. The SMILES string of the molecule is CN1CCCN(C2CN(c3cc(N)cc(Nc4nc(NC5CC5)c5ncc(N)n5n4)c3Cl)C2)CC1. The first-order valence-electron chi connectivity index (χ1n) is 12.3. The monoisotopic (exact) mass is 497 g/mol. The van der Waals surface area contributed by atoms with Crippen molar-refractivity contribution in [1.82, 2.24) is 29.4 Å². The van der Waals surface area contributed by atoms with Crippen molar-refractivity contribution in [2.45, 2.75) is 31.3 Å². The summed E-state index contributed by atoms with van der Waals surface area (Å²) >= 11 is 6.88. The van der Waals surface area contributed by atoms with Crippen molar-refractivity contribution >= 4 is 51.9 Å². The van der Waals surface area contributed by atoms with Crippen LogP contribution in [0, 0.1) is 0 Å². The fourth-order valence-corrected chi connectivity index (χ4v) is 5.13. The summed E-state index contributed by atoms with van der Waals surface area (Å²) in [6.45, 7) is 6.42. The molecule has 1 aromatic carbocycles. The van der Waals surface area contributed by atoms with Crippen LogP contribution in [0.1, 0.15) is 19.3 Å². The summed E-state index contributed by atoms with van der Waals surface area (Å²) in [4.78, 5) is 16.3. The molecule has 4 heterocycles. The Balaban J connectivity index is 1.22. The largest absolute Gasteiger partial charge is 0.399 e. The third kappa shape index (κ3) is 4.51. The van der Waals surface area contributed by atoms with Gasteiger partial charge >= 0.3 is 0 Å². The second-order valence-corrected chi connectivity index (χ2v) is 10.3. The van der Waals surface area contributed by atoms with Crippen LogP contribution in [0.15, 0.2) is 18.3 Å². The predicted octanol–water partition coefficient (Wildman–Crippen LogP) is 2.09. The number of nitrogens with two attached hydrogens (primary N) is 2. The van der Waals surface area contributed by atoms with E-state index in [1.54, 1.807) is 10.7 Å². The fraction of sp³-hybridized carbons (Fsp3) is 0.522. The maximum Gasteiger partial charge on any atom is 0.247 e. The van der Waals surface area contributed by atoms with E-state index < -0.39 is 0 Å². The Morgan fingerprint density at radius 1 is 1.09 bits per heavy atom. The van der Waals surface area contributed by atoms with Crippen LogP contribution in [0.4, 0.5) is 34.6 Å². The zero-order valence-electron chi connectivity index (χ0n) is 19.9. The number of rotatable bonds is 6. The Morgan fingerprint density at radius 3 is 2.71 bits per heavy atom. The Morgan fingerprint density at radius 2 is 1.91 bits per heavy atom. The van der Waals surface area contributed by atoms with Gasteiger partial charge in [-0.2, -0.15) is 9.50 Å². The molecule has 12 heteroatoms. The highest BCUT2D eigenvalue weighted by Crippen LogP contribution is 2.39. The lowest BCUT2D eigenvalue weighted by Gasteiger charge is -2.47. The van der Waals surface area contributed by atoms with Gasteiger partial charge in [-0.25, -0.2) is 4.98 Å². The quantitative estimate of drug-likeness (QED) is 0.375. The number of anilines is 6. The van der Waals surface area contributed by atoms with Crippen LogP contribution >= 0.6 is 11.6 Å². The van der Waals surface area contributed by atoms with Crippen molar-refractivity contribution in [3.05, 3.63) is 23.4 Å². The maximum absolute atomic E-state index is 6.88. The molecule has 3 fully saturated rings. The topological polar surface area (TPSA) is 129 Å². The van der Waals surface area contributed by atoms with E-state index in [4.69, 9.17) is 23.1 Å². The summed E-state index contributed by atoms with van der Waals surface area (Å²) in [7, 11) is 2.20. The van der Waals surface area contributed by atoms with Gasteiger partial charge in [0.25, 0.3) is 0 Å². The van der Waals surface area contributed by atoms with Gasteiger partial charge in [-0.3, -0.25) is 4.90 Å². The number of hydrogen-bond donors (Lipinski definition) is 4. The van der Waals surface area contributed by atoms with Crippen molar-refractivity contribution in [2.75, 3.05) is 73.3 Å². The molecule has 3 aliphatic rings. The molecule has 0 spiro atoms. The first kappa shape index (κ1) is 22.4. The summed E-state index contributed by atoms with van der Waals surface area (Å²) < 4.78 is 1.58. The maximum atomic E-state index is 6.88. The van der Waals surface area contributed by atoms with Crippen LogP contribution in [-0.4, -0.2) is 87.8 Å². The predicted molar refractivity (Wildman–Crippen MR) is 141 cm³/mol. The van der Waals surface area contributed by atoms with Gasteiger partial charge in [0, 0.05) is 44.0 Å². The minimum atomic E-state index is 0.374. The highest BCUT2D eigenvalue weighted by molar-refractivity contribution is 6.36. The number of likely N-dealkylation sites (N-methyl/N-ethyl adjacent to an activating group) is 1. The minimum absolute atomic E-state index is 0.374. The van der Waals surface area contributed by atoms with Gasteiger partial charge in [0.1, 0.15) is 5.82 Å². The van der Waals surface area contributed by atoms with Crippen LogP contribution in [0.25, 0.3) is 5.65 Å². The summed E-state index contributed by atoms with van der Waals surface area (Å²) in [5.74, 6) is 1.46. The fourth-order valence-electron chi connectivity index (χ4n) is 4.86. The Kier molecular flexibility index (Phi) is 5.70. The van der Waals surface area contributed by atoms with Gasteiger partial charge in [0.2, 0.25) is 5.95 Å². The molecule has 2 aliphatic heterocycles. The zero-order chi connectivity index (χ0) is 24.1. The van der Waals surface area contributed by atoms with E-state index >= 15 is 0 Å². The number of aromatic nitrogens is 4. The van der Waals surface area contributed by atoms with E-state index in [0.717, 1.165) is 51.3 Å². The molecule has 3 aromatic rings. The van der Waals surface area contributed by atoms with Gasteiger partial charge < -0.3 is 31.9 Å². The molecule has 2 aromatic heterocycles. The number of benzene rings is 1. The highest BCUT2D eigenvalue weighted by atomic mass is 35.5. The van der Waals surface area contributed by atoms with Crippen LogP contribution in [0.3, 0.4) is 0 Å². The molecule has 186 valence electrons. The van der Waals surface area contributed by atoms with Gasteiger partial charge in [0.05, 0.1) is 22.6 Å². The highest BCUT2D eigenvalue weighted by Gasteiger charge is 2.34. The second-order valence-electron chi connectivity index (χ2n) is 9.90. The van der Waals surface area contributed by atoms with E-state index in [9.17, 15) is 0 Å². The van der Waals surface area contributed by atoms with Crippen molar-refractivity contribution in [2.24, 2.45) is 0 Å². The van der Waals surface area contributed by atoms with Gasteiger partial charge in [-0.1, -0.05) is 11.6 Å². The zero-order valence-corrected chi connectivity index (χ0v) is 20.7. The molecule has 0 unspecified atom stereocenters. The lowest BCUT2D eigenvalue weighted by atomic mass is 10.0. The lowest BCUT2D eigenvalue weighted by Crippen LogP contribution is -2.60. The number of fused-ring (bicyclic) bond motifs is 1. The van der Waals surface area contributed by atoms with E-state index in [1.807, 2.05) is 12.1 Å². The molecular weight excluding hydrogens is 466 g/mol. The number of nitrogen functional groups attached to an aromatic ring is 2. The summed E-state index contributed by atoms with van der Waals surface area (Å²) in [6.07, 6.45) is 5.03. The molecular formula is C23H32ClN11. The molecule has 11 nitrogen and oxygen atoms in total. The molecule has 0 atom stereocenters. The van der Waals surface area contributed by atoms with Gasteiger partial charge in [-0.05, 0) is 51.5 Å². The molecule has 1 saturated carbocycles. The average Bonchev–Trinajstić information content (AvgIpc) is 3.57. The molecule has 1 aliphatic carbocycles. The van der Waals surface area contributed by atoms with Crippen molar-refractivity contribution in [3.8, 4) is 0 Å². The third-order valence-electron chi connectivity index (χ3n) is 7.10. The standard InChI is InChI=1S/C23H32ClN11/c1-32-5-2-6-33(8-7-32)16-12-34(13-16)18-10-14(25)9-17(20(18)24)29-23-30-21(28-15-3-4-15)22-27-11-19(26)35(22)31-23/h9-11,15-16H,2-8,12-13,25-26H2,1H3,(H2,28,29,30,31). The molecule has 6 N–H and O–H groups in total. The first-order valence-corrected chi connectivity index (χ1v) is 12.6. The molecule has 6 rings (SSSR count). The molecule has 0 bridgehead atoms. The normalized spacial score (nSPS) is 20.1. The van der Waals surface area contributed by atoms with Crippen LogP contribution < -0.4 is 27.0 Å².